The van der Waals surface area contributed by atoms with Gasteiger partial charge in [0.2, 0.25) is 17.7 Å². The summed E-state index contributed by atoms with van der Waals surface area (Å²) in [7, 11) is 0. The second-order valence-corrected chi connectivity index (χ2v) is 18.0. The SMILES string of the molecule is O=C1CC(C=CCCSC(c2ccccc2)(c2ccccc2)c2ccccc2)OC(=O)CCCNC(=O)C(CSC(c2ccccc2)(c2ccccc2)c2ccccc2)NC(=O)CN1. The van der Waals surface area contributed by atoms with Crippen LogP contribution in [0, 0.1) is 0 Å². The summed E-state index contributed by atoms with van der Waals surface area (Å²) in [5.74, 6) is -0.881. The summed E-state index contributed by atoms with van der Waals surface area (Å²) >= 11 is 3.38. The summed E-state index contributed by atoms with van der Waals surface area (Å²) < 4.78 is 4.62. The van der Waals surface area contributed by atoms with Crippen LogP contribution in [0.1, 0.15) is 59.1 Å². The average Bonchev–Trinajstić information content (AvgIpc) is 3.35. The van der Waals surface area contributed by atoms with E-state index >= 15 is 0 Å². The molecule has 1 aliphatic rings. The first kappa shape index (κ1) is 45.7. The van der Waals surface area contributed by atoms with Gasteiger partial charge >= 0.3 is 5.97 Å². The topological polar surface area (TPSA) is 114 Å². The zero-order valence-corrected chi connectivity index (χ0v) is 37.3. The lowest BCUT2D eigenvalue weighted by Crippen LogP contribution is -2.51. The largest absolute Gasteiger partial charge is 0.458 e. The zero-order valence-electron chi connectivity index (χ0n) is 35.6. The van der Waals surface area contributed by atoms with Gasteiger partial charge in [-0.05, 0) is 58.1 Å². The van der Waals surface area contributed by atoms with Gasteiger partial charge in [-0.15, -0.1) is 23.5 Å². The smallest absolute Gasteiger partial charge is 0.306 e. The van der Waals surface area contributed by atoms with Crippen LogP contribution in [0.25, 0.3) is 0 Å². The van der Waals surface area contributed by atoms with Gasteiger partial charge in [0.05, 0.1) is 22.5 Å². The number of esters is 1. The first-order chi connectivity index (χ1) is 31.4. The molecule has 2 atom stereocenters. The quantitative estimate of drug-likeness (QED) is 0.0433. The molecule has 10 heteroatoms. The maximum absolute atomic E-state index is 13.8. The molecule has 326 valence electrons. The lowest BCUT2D eigenvalue weighted by Gasteiger charge is -2.36. The van der Waals surface area contributed by atoms with Crippen LogP contribution in [0.3, 0.4) is 0 Å². The monoisotopic (exact) mass is 887 g/mol. The molecule has 0 aromatic heterocycles. The van der Waals surface area contributed by atoms with Gasteiger partial charge in [-0.2, -0.15) is 0 Å². The Hall–Kier alpha value is -6.36. The minimum absolute atomic E-state index is 0.0424. The summed E-state index contributed by atoms with van der Waals surface area (Å²) in [6.07, 6.45) is 3.72. The first-order valence-corrected chi connectivity index (χ1v) is 23.7. The molecule has 2 unspecified atom stereocenters. The van der Waals surface area contributed by atoms with Crippen molar-refractivity contribution in [3.63, 3.8) is 0 Å². The summed E-state index contributed by atoms with van der Waals surface area (Å²) in [6.45, 7) is -0.150. The van der Waals surface area contributed by atoms with Crippen LogP contribution in [0.5, 0.6) is 0 Å². The molecule has 0 aliphatic carbocycles. The zero-order chi connectivity index (χ0) is 44.5. The van der Waals surface area contributed by atoms with E-state index in [4.69, 9.17) is 4.74 Å². The fraction of sp³-hybridized carbons (Fsp3) is 0.222. The third kappa shape index (κ3) is 11.4. The number of amides is 3. The van der Waals surface area contributed by atoms with Crippen molar-refractivity contribution in [3.05, 3.63) is 228 Å². The van der Waals surface area contributed by atoms with Crippen LogP contribution >= 0.6 is 23.5 Å². The van der Waals surface area contributed by atoms with Crippen molar-refractivity contribution in [2.75, 3.05) is 24.6 Å². The van der Waals surface area contributed by atoms with Crippen molar-refractivity contribution in [2.45, 2.75) is 47.3 Å². The lowest BCUT2D eigenvalue weighted by atomic mass is 9.84. The van der Waals surface area contributed by atoms with Crippen molar-refractivity contribution < 1.29 is 23.9 Å². The molecule has 0 spiro atoms. The van der Waals surface area contributed by atoms with Gasteiger partial charge in [0.15, 0.2) is 0 Å². The first-order valence-electron chi connectivity index (χ1n) is 21.7. The van der Waals surface area contributed by atoms with Gasteiger partial charge in [-0.3, -0.25) is 19.2 Å². The van der Waals surface area contributed by atoms with Crippen LogP contribution in [-0.4, -0.2) is 60.4 Å². The highest BCUT2D eigenvalue weighted by atomic mass is 32.2. The van der Waals surface area contributed by atoms with Crippen molar-refractivity contribution in [1.29, 1.82) is 0 Å². The van der Waals surface area contributed by atoms with E-state index in [1.807, 2.05) is 90.6 Å². The summed E-state index contributed by atoms with van der Waals surface area (Å²) in [4.78, 5) is 53.9. The van der Waals surface area contributed by atoms with E-state index in [9.17, 15) is 19.2 Å². The van der Waals surface area contributed by atoms with E-state index in [1.54, 1.807) is 17.8 Å². The second kappa shape index (κ2) is 22.8. The molecule has 0 radical (unpaired) electrons. The fourth-order valence-electron chi connectivity index (χ4n) is 8.08. The van der Waals surface area contributed by atoms with Gasteiger partial charge < -0.3 is 20.7 Å². The molecule has 64 heavy (non-hydrogen) atoms. The molecule has 6 aromatic rings. The highest BCUT2D eigenvalue weighted by Crippen LogP contribution is 2.50. The normalized spacial score (nSPS) is 17.0. The van der Waals surface area contributed by atoms with Crippen molar-refractivity contribution in [2.24, 2.45) is 0 Å². The van der Waals surface area contributed by atoms with E-state index in [0.29, 0.717) is 12.8 Å². The number of rotatable bonds is 14. The van der Waals surface area contributed by atoms with E-state index in [1.165, 1.54) is 16.7 Å². The summed E-state index contributed by atoms with van der Waals surface area (Å²) in [6, 6.07) is 60.9. The molecular weight excluding hydrogens is 835 g/mol. The number of allylic oxidation sites excluding steroid dienone is 1. The Kier molecular flexibility index (Phi) is 16.3. The van der Waals surface area contributed by atoms with Crippen LogP contribution in [0.15, 0.2) is 194 Å². The van der Waals surface area contributed by atoms with Gasteiger partial charge in [-0.1, -0.05) is 188 Å². The van der Waals surface area contributed by atoms with E-state index in [-0.39, 0.29) is 37.6 Å². The number of nitrogens with one attached hydrogen (secondary N) is 3. The molecule has 1 saturated heterocycles. The van der Waals surface area contributed by atoms with E-state index in [0.717, 1.165) is 22.4 Å². The number of carbonyl (C=O) groups is 4. The number of hydrogen-bond donors (Lipinski definition) is 3. The maximum Gasteiger partial charge on any atom is 0.306 e. The number of ether oxygens (including phenoxy) is 1. The van der Waals surface area contributed by atoms with Gasteiger partial charge in [0.1, 0.15) is 12.1 Å². The Bertz CT molecular complexity index is 2250. The van der Waals surface area contributed by atoms with Gasteiger partial charge in [0.25, 0.3) is 0 Å². The molecule has 6 aromatic carbocycles. The van der Waals surface area contributed by atoms with Crippen LogP contribution in [0.2, 0.25) is 0 Å². The highest BCUT2D eigenvalue weighted by molar-refractivity contribution is 8.00. The predicted molar refractivity (Wildman–Crippen MR) is 259 cm³/mol. The Balaban J connectivity index is 1.04. The molecule has 3 N–H and O–H groups in total. The summed E-state index contributed by atoms with van der Waals surface area (Å²) in [5, 5.41) is 8.52. The van der Waals surface area contributed by atoms with Crippen LogP contribution in [0.4, 0.5) is 0 Å². The molecule has 0 saturated carbocycles. The average molecular weight is 888 g/mol. The highest BCUT2D eigenvalue weighted by Gasteiger charge is 2.39. The minimum atomic E-state index is -0.944. The maximum atomic E-state index is 13.8. The Morgan fingerprint density at radius 3 is 1.41 bits per heavy atom. The molecule has 1 heterocycles. The standard InChI is InChI=1S/C54H53N3O5S2/c58-49-38-47(34-19-20-37-63-53(41-22-7-1-8-23-41,42-24-9-2-10-25-42)43-26-11-3-12-27-43)62-51(60)35-21-36-55-52(61)48(57-50(59)39-56-49)40-64-54(44-28-13-4-14-29-44,45-30-15-5-16-31-45)46-32-17-6-18-33-46/h1-19,22-34,47-48H,20-21,35-40H2,(H,55,61)(H,56,58)(H,57,59). The second-order valence-electron chi connectivity index (χ2n) is 15.5. The number of hydrogen-bond acceptors (Lipinski definition) is 7. The predicted octanol–water partition coefficient (Wildman–Crippen LogP) is 9.20. The van der Waals surface area contributed by atoms with E-state index < -0.39 is 39.4 Å². The molecule has 7 rings (SSSR count). The third-order valence-electron chi connectivity index (χ3n) is 11.1. The number of cyclic esters (lactones) is 1. The van der Waals surface area contributed by atoms with Crippen molar-refractivity contribution in [1.82, 2.24) is 16.0 Å². The van der Waals surface area contributed by atoms with E-state index in [2.05, 4.69) is 125 Å². The minimum Gasteiger partial charge on any atom is -0.458 e. The molecule has 1 aliphatic heterocycles. The Morgan fingerprint density at radius 1 is 0.547 bits per heavy atom. The van der Waals surface area contributed by atoms with Gasteiger partial charge in [0, 0.05) is 18.7 Å². The number of carbonyl (C=O) groups excluding carboxylic acids is 4. The molecule has 1 fully saturated rings. The summed E-state index contributed by atoms with van der Waals surface area (Å²) in [5.41, 5.74) is 6.56. The molecule has 8 nitrogen and oxygen atoms in total. The fourth-order valence-corrected chi connectivity index (χ4v) is 11.1. The molecule has 0 bridgehead atoms. The van der Waals surface area contributed by atoms with Crippen molar-refractivity contribution in [3.8, 4) is 0 Å². The molecular formula is C54H53N3O5S2. The number of thioether (sulfide) groups is 2. The third-order valence-corrected chi connectivity index (χ3v) is 14.3. The lowest BCUT2D eigenvalue weighted by molar-refractivity contribution is -0.148. The Labute approximate surface area is 384 Å². The van der Waals surface area contributed by atoms with Crippen LogP contribution < -0.4 is 16.0 Å². The van der Waals surface area contributed by atoms with Crippen molar-refractivity contribution >= 4 is 47.2 Å². The Morgan fingerprint density at radius 2 is 0.969 bits per heavy atom. The van der Waals surface area contributed by atoms with Crippen LogP contribution in [-0.2, 0) is 33.4 Å². The number of benzene rings is 6. The van der Waals surface area contributed by atoms with Gasteiger partial charge in [-0.25, -0.2) is 0 Å². The molecule has 3 amide bonds.